The largest absolute Gasteiger partial charge is 0.322 e. The van der Waals surface area contributed by atoms with Crippen molar-refractivity contribution in [3.05, 3.63) is 53.3 Å². The number of hydrogen-bond donors (Lipinski definition) is 2. The summed E-state index contributed by atoms with van der Waals surface area (Å²) >= 11 is 0. The lowest BCUT2D eigenvalue weighted by molar-refractivity contribution is 0.102. The highest BCUT2D eigenvalue weighted by molar-refractivity contribution is 6.08. The molecule has 0 atom stereocenters. The number of nitrogens with zero attached hydrogens (tertiary/aromatic N) is 4. The van der Waals surface area contributed by atoms with E-state index in [4.69, 9.17) is 0 Å². The number of carbonyl (C=O) groups is 1. The monoisotopic (exact) mass is 322 g/mol. The number of aromatic nitrogens is 4. The van der Waals surface area contributed by atoms with Gasteiger partial charge in [-0.3, -0.25) is 14.2 Å². The zero-order valence-corrected chi connectivity index (χ0v) is 13.6. The number of fused-ring (bicyclic) bond motifs is 1. The quantitative estimate of drug-likeness (QED) is 0.769. The second-order valence-electron chi connectivity index (χ2n) is 5.91. The van der Waals surface area contributed by atoms with Crippen LogP contribution in [-0.2, 0) is 27.2 Å². The number of aryl methyl sites for hydroxylation is 2. The molecule has 1 amide bonds. The highest BCUT2D eigenvalue weighted by Gasteiger charge is 2.21. The second kappa shape index (κ2) is 5.61. The van der Waals surface area contributed by atoms with Gasteiger partial charge in [0.15, 0.2) is 0 Å². The van der Waals surface area contributed by atoms with Gasteiger partial charge in [-0.25, -0.2) is 0 Å². The van der Waals surface area contributed by atoms with Gasteiger partial charge in [0.1, 0.15) is 5.69 Å². The van der Waals surface area contributed by atoms with Gasteiger partial charge in [-0.15, -0.1) is 0 Å². The first-order valence-corrected chi connectivity index (χ1v) is 7.78. The van der Waals surface area contributed by atoms with Gasteiger partial charge < -0.3 is 10.6 Å². The number of anilines is 1. The molecule has 0 spiro atoms. The minimum Gasteiger partial charge on any atom is -0.322 e. The van der Waals surface area contributed by atoms with Gasteiger partial charge in [-0.05, 0) is 23.3 Å². The van der Waals surface area contributed by atoms with Crippen LogP contribution in [0.4, 0.5) is 5.69 Å². The summed E-state index contributed by atoms with van der Waals surface area (Å²) in [5.41, 5.74) is 5.19. The molecule has 24 heavy (non-hydrogen) atoms. The number of rotatable bonds is 3. The minimum atomic E-state index is -0.167. The smallest absolute Gasteiger partial charge is 0.259 e. The molecule has 0 saturated heterocycles. The van der Waals surface area contributed by atoms with Crippen LogP contribution in [0.25, 0.3) is 11.4 Å². The van der Waals surface area contributed by atoms with Gasteiger partial charge in [0.2, 0.25) is 0 Å². The Labute approximate surface area is 139 Å². The van der Waals surface area contributed by atoms with Crippen LogP contribution in [0, 0.1) is 0 Å². The van der Waals surface area contributed by atoms with E-state index in [-0.39, 0.29) is 5.91 Å². The first kappa shape index (κ1) is 14.6. The Bertz CT molecular complexity index is 923. The van der Waals surface area contributed by atoms with E-state index in [0.717, 1.165) is 30.0 Å². The van der Waals surface area contributed by atoms with Crippen molar-refractivity contribution in [1.82, 2.24) is 24.9 Å². The lowest BCUT2D eigenvalue weighted by Gasteiger charge is -2.10. The summed E-state index contributed by atoms with van der Waals surface area (Å²) in [6, 6.07) is 7.83. The summed E-state index contributed by atoms with van der Waals surface area (Å²) in [7, 11) is 3.64. The van der Waals surface area contributed by atoms with Gasteiger partial charge in [-0.1, -0.05) is 12.1 Å². The standard InChI is InChI=1S/C17H18N6O/c1-22-10-13(16(21-22)15-6-7-19-23(15)2)17(24)20-14-5-3-4-11-8-18-9-12(11)14/h3-7,10,18H,8-9H2,1-2H3,(H,20,24). The van der Waals surface area contributed by atoms with Crippen molar-refractivity contribution in [2.24, 2.45) is 14.1 Å². The average Bonchev–Trinajstić information content (AvgIpc) is 3.26. The van der Waals surface area contributed by atoms with Gasteiger partial charge in [0, 0.05) is 45.3 Å². The van der Waals surface area contributed by atoms with E-state index in [1.807, 2.05) is 25.2 Å². The van der Waals surface area contributed by atoms with E-state index < -0.39 is 0 Å². The highest BCUT2D eigenvalue weighted by atomic mass is 16.1. The Morgan fingerprint density at radius 3 is 2.92 bits per heavy atom. The fraction of sp³-hybridized carbons (Fsp3) is 0.235. The Balaban J connectivity index is 1.69. The van der Waals surface area contributed by atoms with E-state index >= 15 is 0 Å². The Morgan fingerprint density at radius 1 is 1.25 bits per heavy atom. The van der Waals surface area contributed by atoms with Gasteiger partial charge >= 0.3 is 0 Å². The van der Waals surface area contributed by atoms with E-state index in [9.17, 15) is 4.79 Å². The van der Waals surface area contributed by atoms with E-state index in [1.165, 1.54) is 5.56 Å². The predicted octanol–water partition coefficient (Wildman–Crippen LogP) is 1.68. The van der Waals surface area contributed by atoms with Gasteiger partial charge in [0.05, 0.1) is 11.3 Å². The van der Waals surface area contributed by atoms with E-state index in [0.29, 0.717) is 11.3 Å². The molecule has 2 N–H and O–H groups in total. The maximum Gasteiger partial charge on any atom is 0.259 e. The molecule has 3 heterocycles. The lowest BCUT2D eigenvalue weighted by atomic mass is 10.1. The molecule has 0 aliphatic carbocycles. The molecule has 0 saturated carbocycles. The molecule has 122 valence electrons. The molecule has 4 rings (SSSR count). The van der Waals surface area contributed by atoms with Crippen LogP contribution >= 0.6 is 0 Å². The summed E-state index contributed by atoms with van der Waals surface area (Å²) in [5, 5.41) is 14.9. The van der Waals surface area contributed by atoms with Crippen LogP contribution in [-0.4, -0.2) is 25.5 Å². The fourth-order valence-electron chi connectivity index (χ4n) is 3.09. The maximum absolute atomic E-state index is 12.8. The van der Waals surface area contributed by atoms with Crippen molar-refractivity contribution >= 4 is 11.6 Å². The summed E-state index contributed by atoms with van der Waals surface area (Å²) in [4.78, 5) is 12.8. The first-order chi connectivity index (χ1) is 11.6. The zero-order chi connectivity index (χ0) is 16.7. The van der Waals surface area contributed by atoms with Crippen molar-refractivity contribution in [2.75, 3.05) is 5.32 Å². The molecule has 1 aliphatic rings. The van der Waals surface area contributed by atoms with Crippen molar-refractivity contribution in [3.63, 3.8) is 0 Å². The SMILES string of the molecule is Cn1cc(C(=O)Nc2cccc3c2CNC3)c(-c2ccnn2C)n1. The third-order valence-corrected chi connectivity index (χ3v) is 4.28. The third-order valence-electron chi connectivity index (χ3n) is 4.28. The van der Waals surface area contributed by atoms with E-state index in [1.54, 1.807) is 28.8 Å². The highest BCUT2D eigenvalue weighted by Crippen LogP contribution is 2.26. The number of nitrogens with one attached hydrogen (secondary N) is 2. The summed E-state index contributed by atoms with van der Waals surface area (Å²) in [6.45, 7) is 1.61. The first-order valence-electron chi connectivity index (χ1n) is 7.78. The van der Waals surface area contributed by atoms with Crippen LogP contribution in [0.2, 0.25) is 0 Å². The summed E-state index contributed by atoms with van der Waals surface area (Å²) < 4.78 is 3.36. The number of hydrogen-bond acceptors (Lipinski definition) is 4. The lowest BCUT2D eigenvalue weighted by Crippen LogP contribution is -2.14. The molecule has 0 unspecified atom stereocenters. The fourth-order valence-corrected chi connectivity index (χ4v) is 3.09. The minimum absolute atomic E-state index is 0.167. The molecular formula is C17H18N6O. The molecule has 7 heteroatoms. The Kier molecular flexibility index (Phi) is 3.42. The van der Waals surface area contributed by atoms with Gasteiger partial charge in [0.25, 0.3) is 5.91 Å². The number of amides is 1. The topological polar surface area (TPSA) is 76.8 Å². The molecule has 7 nitrogen and oxygen atoms in total. The van der Waals surface area contributed by atoms with E-state index in [2.05, 4.69) is 26.9 Å². The third kappa shape index (κ3) is 2.39. The van der Waals surface area contributed by atoms with Crippen molar-refractivity contribution in [3.8, 4) is 11.4 Å². The molecule has 0 fully saturated rings. The van der Waals surface area contributed by atoms with Crippen molar-refractivity contribution in [2.45, 2.75) is 13.1 Å². The van der Waals surface area contributed by atoms with Crippen molar-refractivity contribution < 1.29 is 4.79 Å². The molecule has 1 aromatic carbocycles. The van der Waals surface area contributed by atoms with Crippen LogP contribution < -0.4 is 10.6 Å². The van der Waals surface area contributed by atoms with Crippen LogP contribution in [0.15, 0.2) is 36.7 Å². The molecule has 1 aliphatic heterocycles. The van der Waals surface area contributed by atoms with Crippen LogP contribution in [0.5, 0.6) is 0 Å². The van der Waals surface area contributed by atoms with Gasteiger partial charge in [-0.2, -0.15) is 10.2 Å². The number of carbonyl (C=O) groups excluding carboxylic acids is 1. The molecular weight excluding hydrogens is 304 g/mol. The normalized spacial score (nSPS) is 13.1. The molecule has 0 bridgehead atoms. The zero-order valence-electron chi connectivity index (χ0n) is 13.6. The Hall–Kier alpha value is -2.93. The second-order valence-corrected chi connectivity index (χ2v) is 5.91. The molecule has 2 aromatic heterocycles. The number of benzene rings is 1. The maximum atomic E-state index is 12.8. The molecule has 3 aromatic rings. The molecule has 0 radical (unpaired) electrons. The summed E-state index contributed by atoms with van der Waals surface area (Å²) in [5.74, 6) is -0.167. The average molecular weight is 322 g/mol. The van der Waals surface area contributed by atoms with Crippen LogP contribution in [0.1, 0.15) is 21.5 Å². The van der Waals surface area contributed by atoms with Crippen molar-refractivity contribution in [1.29, 1.82) is 0 Å². The van der Waals surface area contributed by atoms with Crippen LogP contribution in [0.3, 0.4) is 0 Å². The predicted molar refractivity (Wildman–Crippen MR) is 90.3 cm³/mol. The Morgan fingerprint density at radius 2 is 2.12 bits per heavy atom. The summed E-state index contributed by atoms with van der Waals surface area (Å²) in [6.07, 6.45) is 3.43.